The van der Waals surface area contributed by atoms with Gasteiger partial charge in [0.1, 0.15) is 0 Å². The molecule has 0 aromatic heterocycles. The maximum atomic E-state index is 9.25. The Kier molecular flexibility index (Phi) is 5.13. The monoisotopic (exact) mass is 173 g/mol. The van der Waals surface area contributed by atoms with Crippen molar-refractivity contribution in [3.8, 4) is 0 Å². The van der Waals surface area contributed by atoms with Crippen LogP contribution in [0.25, 0.3) is 0 Å². The van der Waals surface area contributed by atoms with Crippen molar-refractivity contribution >= 4 is 0 Å². The van der Waals surface area contributed by atoms with Crippen LogP contribution in [0.5, 0.6) is 0 Å². The van der Waals surface area contributed by atoms with Crippen LogP contribution in [-0.2, 0) is 4.74 Å². The summed E-state index contributed by atoms with van der Waals surface area (Å²) in [5.41, 5.74) is -1.09. The molecule has 0 aliphatic carbocycles. The van der Waals surface area contributed by atoms with Crippen LogP contribution in [0.3, 0.4) is 0 Å². The van der Waals surface area contributed by atoms with Crippen molar-refractivity contribution in [2.24, 2.45) is 0 Å². The minimum absolute atomic E-state index is 0.206. The van der Waals surface area contributed by atoms with Gasteiger partial charge in [-0.15, -0.1) is 6.58 Å². The first-order valence-electron chi connectivity index (χ1n) is 3.90. The summed E-state index contributed by atoms with van der Waals surface area (Å²) in [7, 11) is 0. The minimum atomic E-state index is -1.09. The van der Waals surface area contributed by atoms with E-state index in [1.807, 2.05) is 0 Å². The normalized spacial score (nSPS) is 14.3. The smallest absolute Gasteiger partial charge is 0.0801 e. The molecule has 12 heavy (non-hydrogen) atoms. The fourth-order valence-corrected chi connectivity index (χ4v) is 0.854. The van der Waals surface area contributed by atoms with Gasteiger partial charge in [0.15, 0.2) is 0 Å². The first kappa shape index (κ1) is 11.6. The highest BCUT2D eigenvalue weighted by molar-refractivity contribution is 4.78. The SMILES string of the molecule is [CH2]C(C)(O)CC(O)COCC=C. The van der Waals surface area contributed by atoms with E-state index in [0.29, 0.717) is 6.61 Å². The molecule has 0 spiro atoms. The van der Waals surface area contributed by atoms with E-state index in [0.717, 1.165) is 0 Å². The van der Waals surface area contributed by atoms with E-state index in [1.54, 1.807) is 13.0 Å². The summed E-state index contributed by atoms with van der Waals surface area (Å²) in [6, 6.07) is 0. The van der Waals surface area contributed by atoms with E-state index in [1.165, 1.54) is 0 Å². The maximum absolute atomic E-state index is 9.25. The Labute approximate surface area is 73.7 Å². The van der Waals surface area contributed by atoms with Gasteiger partial charge in [-0.1, -0.05) is 6.08 Å². The largest absolute Gasteiger partial charge is 0.391 e. The van der Waals surface area contributed by atoms with Gasteiger partial charge in [-0.3, -0.25) is 0 Å². The minimum Gasteiger partial charge on any atom is -0.391 e. The molecule has 0 aromatic rings. The molecule has 0 bridgehead atoms. The lowest BCUT2D eigenvalue weighted by atomic mass is 10.0. The van der Waals surface area contributed by atoms with E-state index in [2.05, 4.69) is 13.5 Å². The van der Waals surface area contributed by atoms with Crippen LogP contribution in [0.15, 0.2) is 12.7 Å². The highest BCUT2D eigenvalue weighted by Gasteiger charge is 2.18. The Bertz CT molecular complexity index is 126. The third-order valence-corrected chi connectivity index (χ3v) is 1.22. The van der Waals surface area contributed by atoms with Crippen molar-refractivity contribution in [1.29, 1.82) is 0 Å². The quantitative estimate of drug-likeness (QED) is 0.455. The highest BCUT2D eigenvalue weighted by Crippen LogP contribution is 2.10. The van der Waals surface area contributed by atoms with Crippen LogP contribution < -0.4 is 0 Å². The van der Waals surface area contributed by atoms with Gasteiger partial charge in [0.25, 0.3) is 0 Å². The van der Waals surface area contributed by atoms with Gasteiger partial charge in [0.2, 0.25) is 0 Å². The van der Waals surface area contributed by atoms with E-state index in [4.69, 9.17) is 4.74 Å². The predicted octanol–water partition coefficient (Wildman–Crippen LogP) is 0.525. The van der Waals surface area contributed by atoms with E-state index < -0.39 is 11.7 Å². The average Bonchev–Trinajstić information content (AvgIpc) is 1.84. The summed E-state index contributed by atoms with van der Waals surface area (Å²) < 4.78 is 4.98. The molecule has 1 radical (unpaired) electrons. The number of aliphatic hydroxyl groups is 2. The van der Waals surface area contributed by atoms with Crippen LogP contribution in [0.2, 0.25) is 0 Å². The van der Waals surface area contributed by atoms with Crippen molar-refractivity contribution in [2.45, 2.75) is 25.0 Å². The molecule has 0 fully saturated rings. The number of ether oxygens (including phenoxy) is 1. The second kappa shape index (κ2) is 5.30. The molecular weight excluding hydrogens is 156 g/mol. The second-order valence-electron chi connectivity index (χ2n) is 3.18. The van der Waals surface area contributed by atoms with Gasteiger partial charge in [0, 0.05) is 6.42 Å². The molecule has 2 atom stereocenters. The Morgan fingerprint density at radius 2 is 2.25 bits per heavy atom. The summed E-state index contributed by atoms with van der Waals surface area (Å²) in [6.07, 6.45) is 1.15. The first-order chi connectivity index (χ1) is 5.45. The summed E-state index contributed by atoms with van der Waals surface area (Å²) in [5, 5.41) is 18.4. The fourth-order valence-electron chi connectivity index (χ4n) is 0.854. The number of hydrogen-bond donors (Lipinski definition) is 2. The van der Waals surface area contributed by atoms with Crippen molar-refractivity contribution in [3.05, 3.63) is 19.6 Å². The summed E-state index contributed by atoms with van der Waals surface area (Å²) in [4.78, 5) is 0. The molecule has 0 aromatic carbocycles. The van der Waals surface area contributed by atoms with Gasteiger partial charge in [-0.05, 0) is 13.8 Å². The van der Waals surface area contributed by atoms with Crippen molar-refractivity contribution < 1.29 is 14.9 Å². The van der Waals surface area contributed by atoms with Crippen LogP contribution in [0, 0.1) is 6.92 Å². The topological polar surface area (TPSA) is 49.7 Å². The van der Waals surface area contributed by atoms with Crippen molar-refractivity contribution in [1.82, 2.24) is 0 Å². The average molecular weight is 173 g/mol. The lowest BCUT2D eigenvalue weighted by Gasteiger charge is -2.20. The van der Waals surface area contributed by atoms with Gasteiger partial charge in [-0.2, -0.15) is 0 Å². The Balaban J connectivity index is 3.46. The zero-order valence-corrected chi connectivity index (χ0v) is 7.49. The molecule has 2 unspecified atom stereocenters. The molecule has 0 saturated heterocycles. The van der Waals surface area contributed by atoms with Gasteiger partial charge in [0.05, 0.1) is 24.9 Å². The number of aliphatic hydroxyl groups excluding tert-OH is 1. The molecule has 0 amide bonds. The first-order valence-corrected chi connectivity index (χ1v) is 3.90. The Hall–Kier alpha value is -0.380. The molecular formula is C9H17O3. The molecule has 3 nitrogen and oxygen atoms in total. The van der Waals surface area contributed by atoms with E-state index in [-0.39, 0.29) is 13.0 Å². The van der Waals surface area contributed by atoms with E-state index >= 15 is 0 Å². The molecule has 71 valence electrons. The third-order valence-electron chi connectivity index (χ3n) is 1.22. The lowest BCUT2D eigenvalue weighted by Crippen LogP contribution is -2.29. The molecule has 0 aliphatic heterocycles. The van der Waals surface area contributed by atoms with Crippen LogP contribution in [0.4, 0.5) is 0 Å². The number of hydrogen-bond acceptors (Lipinski definition) is 3. The number of rotatable bonds is 6. The third kappa shape index (κ3) is 7.72. The van der Waals surface area contributed by atoms with Crippen LogP contribution in [0.1, 0.15) is 13.3 Å². The van der Waals surface area contributed by atoms with Gasteiger partial charge in [-0.25, -0.2) is 0 Å². The molecule has 3 heteroatoms. The molecule has 0 aliphatic rings. The zero-order chi connectivity index (χ0) is 9.61. The van der Waals surface area contributed by atoms with E-state index in [9.17, 15) is 10.2 Å². The summed E-state index contributed by atoms with van der Waals surface area (Å²) >= 11 is 0. The molecule has 0 heterocycles. The molecule has 0 rings (SSSR count). The van der Waals surface area contributed by atoms with Crippen molar-refractivity contribution in [2.75, 3.05) is 13.2 Å². The van der Waals surface area contributed by atoms with Gasteiger partial charge < -0.3 is 14.9 Å². The van der Waals surface area contributed by atoms with Gasteiger partial charge >= 0.3 is 0 Å². The predicted molar refractivity (Wildman–Crippen MR) is 47.6 cm³/mol. The Morgan fingerprint density at radius 3 is 2.67 bits per heavy atom. The summed E-state index contributed by atoms with van der Waals surface area (Å²) in [6.45, 7) is 9.09. The highest BCUT2D eigenvalue weighted by atomic mass is 16.5. The van der Waals surface area contributed by atoms with Crippen molar-refractivity contribution in [3.63, 3.8) is 0 Å². The zero-order valence-electron chi connectivity index (χ0n) is 7.49. The maximum Gasteiger partial charge on any atom is 0.0801 e. The molecule has 2 N–H and O–H groups in total. The Morgan fingerprint density at radius 1 is 1.67 bits per heavy atom. The second-order valence-corrected chi connectivity index (χ2v) is 3.18. The standard InChI is InChI=1S/C9H17O3/c1-4-5-12-7-8(10)6-9(2,3)11/h4,8,10-11H,1-2,5-7H2,3H3. The molecule has 0 saturated carbocycles. The van der Waals surface area contributed by atoms with Crippen LogP contribution in [-0.4, -0.2) is 35.1 Å². The summed E-state index contributed by atoms with van der Waals surface area (Å²) in [5.74, 6) is 0. The lowest BCUT2D eigenvalue weighted by molar-refractivity contribution is -0.00594. The van der Waals surface area contributed by atoms with Crippen LogP contribution >= 0.6 is 0 Å². The fraction of sp³-hybridized carbons (Fsp3) is 0.667.